The molecule has 0 amide bonds. The van der Waals surface area contributed by atoms with Gasteiger partial charge in [0.15, 0.2) is 0 Å². The van der Waals surface area contributed by atoms with Gasteiger partial charge in [0.1, 0.15) is 0 Å². The van der Waals surface area contributed by atoms with Crippen LogP contribution in [0.1, 0.15) is 24.8 Å². The Morgan fingerprint density at radius 2 is 2.46 bits per heavy atom. The number of rotatable bonds is 1. The molecule has 0 aromatic carbocycles. The minimum Gasteiger partial charge on any atom is -0.327 e. The van der Waals surface area contributed by atoms with Crippen LogP contribution in [0.3, 0.4) is 0 Å². The van der Waals surface area contributed by atoms with Gasteiger partial charge < -0.3 is 11.1 Å². The predicted molar refractivity (Wildman–Crippen MR) is 57.1 cm³/mol. The van der Waals surface area contributed by atoms with Gasteiger partial charge in [-0.2, -0.15) is 11.3 Å². The Bertz CT molecular complexity index is 258. The van der Waals surface area contributed by atoms with Gasteiger partial charge in [-0.15, -0.1) is 0 Å². The molecule has 2 heterocycles. The maximum absolute atomic E-state index is 5.93. The maximum atomic E-state index is 5.93. The van der Waals surface area contributed by atoms with E-state index in [1.54, 1.807) is 11.3 Å². The van der Waals surface area contributed by atoms with Crippen LogP contribution in [-0.4, -0.2) is 18.6 Å². The van der Waals surface area contributed by atoms with E-state index in [2.05, 4.69) is 29.1 Å². The molecule has 0 spiro atoms. The fraction of sp³-hybridized carbons (Fsp3) is 0.600. The van der Waals surface area contributed by atoms with E-state index in [4.69, 9.17) is 5.73 Å². The average molecular weight is 196 g/mol. The summed E-state index contributed by atoms with van der Waals surface area (Å²) in [6.45, 7) is 3.20. The first-order valence-corrected chi connectivity index (χ1v) is 5.72. The minimum atomic E-state index is 0.320. The number of hydrogen-bond donors (Lipinski definition) is 2. The van der Waals surface area contributed by atoms with Crippen LogP contribution < -0.4 is 11.1 Å². The Hall–Kier alpha value is -0.380. The molecule has 3 unspecified atom stereocenters. The summed E-state index contributed by atoms with van der Waals surface area (Å²) in [6, 6.07) is 3.10. The third-order valence-corrected chi connectivity index (χ3v) is 3.54. The SMILES string of the molecule is CC1NCC(N)CC1c1ccsc1. The molecule has 1 saturated heterocycles. The van der Waals surface area contributed by atoms with Crippen LogP contribution in [0.25, 0.3) is 0 Å². The summed E-state index contributed by atoms with van der Waals surface area (Å²) in [7, 11) is 0. The normalized spacial score (nSPS) is 34.8. The Kier molecular flexibility index (Phi) is 2.67. The van der Waals surface area contributed by atoms with E-state index in [0.29, 0.717) is 18.0 Å². The van der Waals surface area contributed by atoms with Crippen molar-refractivity contribution in [2.45, 2.75) is 31.3 Å². The predicted octanol–water partition coefficient (Wildman–Crippen LogP) is 1.54. The van der Waals surface area contributed by atoms with Crippen molar-refractivity contribution in [3.8, 4) is 0 Å². The van der Waals surface area contributed by atoms with E-state index in [1.165, 1.54) is 5.56 Å². The van der Waals surface area contributed by atoms with Gasteiger partial charge in [-0.05, 0) is 35.7 Å². The number of nitrogens with two attached hydrogens (primary N) is 1. The third-order valence-electron chi connectivity index (χ3n) is 2.83. The minimum absolute atomic E-state index is 0.320. The molecular weight excluding hydrogens is 180 g/mol. The largest absolute Gasteiger partial charge is 0.327 e. The third kappa shape index (κ3) is 1.93. The quantitative estimate of drug-likeness (QED) is 0.715. The molecule has 1 aromatic rings. The standard InChI is InChI=1S/C10H16N2S/c1-7-10(4-9(11)5-12-7)8-2-3-13-6-8/h2-3,6-7,9-10,12H,4-5,11H2,1H3. The number of piperidine rings is 1. The van der Waals surface area contributed by atoms with Gasteiger partial charge in [-0.3, -0.25) is 0 Å². The lowest BCUT2D eigenvalue weighted by Gasteiger charge is -2.33. The molecule has 1 aliphatic rings. The summed E-state index contributed by atoms with van der Waals surface area (Å²) < 4.78 is 0. The number of hydrogen-bond acceptors (Lipinski definition) is 3. The molecule has 2 nitrogen and oxygen atoms in total. The second-order valence-electron chi connectivity index (χ2n) is 3.86. The van der Waals surface area contributed by atoms with E-state index in [1.807, 2.05) is 0 Å². The Morgan fingerprint density at radius 3 is 3.15 bits per heavy atom. The number of thiophene rings is 1. The van der Waals surface area contributed by atoms with Gasteiger partial charge >= 0.3 is 0 Å². The number of nitrogens with one attached hydrogen (secondary N) is 1. The zero-order valence-electron chi connectivity index (χ0n) is 7.86. The molecule has 0 saturated carbocycles. The van der Waals surface area contributed by atoms with Crippen molar-refractivity contribution in [3.05, 3.63) is 22.4 Å². The lowest BCUT2D eigenvalue weighted by molar-refractivity contribution is 0.338. The molecular formula is C10H16N2S. The van der Waals surface area contributed by atoms with Crippen LogP contribution in [0.4, 0.5) is 0 Å². The van der Waals surface area contributed by atoms with E-state index in [-0.39, 0.29) is 0 Å². The van der Waals surface area contributed by atoms with Gasteiger partial charge in [0.05, 0.1) is 0 Å². The van der Waals surface area contributed by atoms with Gasteiger partial charge in [-0.25, -0.2) is 0 Å². The van der Waals surface area contributed by atoms with E-state index in [9.17, 15) is 0 Å². The molecule has 0 radical (unpaired) electrons. The molecule has 2 rings (SSSR count). The highest BCUT2D eigenvalue weighted by Crippen LogP contribution is 2.28. The first-order valence-electron chi connectivity index (χ1n) is 4.78. The van der Waals surface area contributed by atoms with E-state index < -0.39 is 0 Å². The molecule has 13 heavy (non-hydrogen) atoms. The molecule has 1 fully saturated rings. The summed E-state index contributed by atoms with van der Waals surface area (Å²) in [5, 5.41) is 7.83. The highest BCUT2D eigenvalue weighted by molar-refractivity contribution is 7.07. The van der Waals surface area contributed by atoms with Crippen molar-refractivity contribution in [3.63, 3.8) is 0 Å². The highest BCUT2D eigenvalue weighted by atomic mass is 32.1. The Balaban J connectivity index is 2.12. The lowest BCUT2D eigenvalue weighted by Crippen LogP contribution is -2.48. The van der Waals surface area contributed by atoms with Crippen molar-refractivity contribution < 1.29 is 0 Å². The molecule has 0 aliphatic carbocycles. The zero-order chi connectivity index (χ0) is 9.26. The summed E-state index contributed by atoms with van der Waals surface area (Å²) in [5.41, 5.74) is 7.38. The second-order valence-corrected chi connectivity index (χ2v) is 4.64. The van der Waals surface area contributed by atoms with Crippen LogP contribution in [0.15, 0.2) is 16.8 Å². The van der Waals surface area contributed by atoms with Gasteiger partial charge in [-0.1, -0.05) is 0 Å². The fourth-order valence-corrected chi connectivity index (χ4v) is 2.73. The van der Waals surface area contributed by atoms with Gasteiger partial charge in [0.25, 0.3) is 0 Å². The molecule has 1 aliphatic heterocycles. The lowest BCUT2D eigenvalue weighted by atomic mass is 9.85. The molecule has 1 aromatic heterocycles. The van der Waals surface area contributed by atoms with Crippen LogP contribution in [-0.2, 0) is 0 Å². The Morgan fingerprint density at radius 1 is 1.62 bits per heavy atom. The molecule has 72 valence electrons. The molecule has 3 N–H and O–H groups in total. The smallest absolute Gasteiger partial charge is 0.0171 e. The van der Waals surface area contributed by atoms with Crippen LogP contribution in [0.5, 0.6) is 0 Å². The van der Waals surface area contributed by atoms with Crippen molar-refractivity contribution in [2.24, 2.45) is 5.73 Å². The maximum Gasteiger partial charge on any atom is 0.0171 e. The summed E-state index contributed by atoms with van der Waals surface area (Å²) in [5.74, 6) is 0.606. The van der Waals surface area contributed by atoms with Gasteiger partial charge in [0, 0.05) is 24.5 Å². The zero-order valence-corrected chi connectivity index (χ0v) is 8.68. The second kappa shape index (κ2) is 3.78. The van der Waals surface area contributed by atoms with Crippen LogP contribution in [0.2, 0.25) is 0 Å². The molecule has 3 heteroatoms. The van der Waals surface area contributed by atoms with Crippen molar-refractivity contribution in [1.82, 2.24) is 5.32 Å². The topological polar surface area (TPSA) is 38.0 Å². The highest BCUT2D eigenvalue weighted by Gasteiger charge is 2.26. The fourth-order valence-electron chi connectivity index (χ4n) is 2.00. The van der Waals surface area contributed by atoms with E-state index >= 15 is 0 Å². The Labute approximate surface area is 83.1 Å². The van der Waals surface area contributed by atoms with Crippen molar-refractivity contribution >= 4 is 11.3 Å². The first kappa shape index (κ1) is 9.19. The summed E-state index contributed by atoms with van der Waals surface area (Å²) >= 11 is 1.77. The van der Waals surface area contributed by atoms with Crippen molar-refractivity contribution in [2.75, 3.05) is 6.54 Å². The average Bonchev–Trinajstić information content (AvgIpc) is 2.61. The molecule has 3 atom stereocenters. The first-order chi connectivity index (χ1) is 6.27. The van der Waals surface area contributed by atoms with Crippen LogP contribution in [0, 0.1) is 0 Å². The molecule has 0 bridgehead atoms. The van der Waals surface area contributed by atoms with Crippen molar-refractivity contribution in [1.29, 1.82) is 0 Å². The van der Waals surface area contributed by atoms with Gasteiger partial charge in [0.2, 0.25) is 0 Å². The van der Waals surface area contributed by atoms with Crippen LogP contribution >= 0.6 is 11.3 Å². The van der Waals surface area contributed by atoms with E-state index in [0.717, 1.165) is 13.0 Å². The monoisotopic (exact) mass is 196 g/mol. The summed E-state index contributed by atoms with van der Waals surface area (Å²) in [4.78, 5) is 0. The summed E-state index contributed by atoms with van der Waals surface area (Å²) in [6.07, 6.45) is 1.12.